The number of anilines is 1. The highest BCUT2D eigenvalue weighted by molar-refractivity contribution is 7.98. The van der Waals surface area contributed by atoms with Gasteiger partial charge in [-0.15, -0.1) is 22.7 Å². The first-order chi connectivity index (χ1) is 14.5. The molecule has 0 aliphatic heterocycles. The molecular weight excluding hydrogens is 460 g/mol. The quantitative estimate of drug-likeness (QED) is 0.417. The smallest absolute Gasteiger partial charge is 0.273 e. The largest absolute Gasteiger partial charge is 0.484 e. The minimum atomic E-state index is -3.57. The third-order valence-electron chi connectivity index (χ3n) is 4.07. The minimum absolute atomic E-state index is 0.0850. The third kappa shape index (κ3) is 6.24. The van der Waals surface area contributed by atoms with E-state index in [1.807, 2.05) is 6.07 Å². The highest BCUT2D eigenvalue weighted by atomic mass is 32.2. The molecule has 10 heteroatoms. The van der Waals surface area contributed by atoms with E-state index in [1.165, 1.54) is 27.6 Å². The van der Waals surface area contributed by atoms with Gasteiger partial charge in [0.2, 0.25) is 0 Å². The Hall–Kier alpha value is -2.01. The first-order valence-corrected chi connectivity index (χ1v) is 13.4. The standard InChI is InChI=1S/C20H22N2O4S4/c1-22(30(24,25)20-5-3-12-29-20)16-6-8-17(9-7-16)26-14-19(23)21-10-13-27-15-18-4-2-11-28-18/h2-9,11-12H,10,13-15H2,1H3,(H,21,23). The Balaban J connectivity index is 1.40. The van der Waals surface area contributed by atoms with Gasteiger partial charge in [-0.05, 0) is 47.2 Å². The average Bonchev–Trinajstić information content (AvgIpc) is 3.46. The average molecular weight is 483 g/mol. The van der Waals surface area contributed by atoms with E-state index in [9.17, 15) is 13.2 Å². The zero-order chi connectivity index (χ0) is 21.4. The number of carbonyl (C=O) groups is 1. The molecule has 30 heavy (non-hydrogen) atoms. The van der Waals surface area contributed by atoms with Gasteiger partial charge < -0.3 is 10.1 Å². The molecule has 0 atom stereocenters. The number of hydrogen-bond donors (Lipinski definition) is 1. The number of thioether (sulfide) groups is 1. The summed E-state index contributed by atoms with van der Waals surface area (Å²) in [6, 6.07) is 14.0. The number of nitrogens with one attached hydrogen (secondary N) is 1. The summed E-state index contributed by atoms with van der Waals surface area (Å²) in [6.07, 6.45) is 0. The van der Waals surface area contributed by atoms with E-state index in [-0.39, 0.29) is 16.7 Å². The molecule has 0 saturated heterocycles. The number of carbonyl (C=O) groups excluding carboxylic acids is 1. The third-order valence-corrected chi connectivity index (χ3v) is 9.30. The Bertz CT molecular complexity index is 1020. The monoisotopic (exact) mass is 482 g/mol. The van der Waals surface area contributed by atoms with Crippen molar-refractivity contribution < 1.29 is 17.9 Å². The maximum atomic E-state index is 12.6. The Morgan fingerprint density at radius 2 is 1.83 bits per heavy atom. The van der Waals surface area contributed by atoms with Crippen LogP contribution in [-0.4, -0.2) is 40.3 Å². The molecule has 6 nitrogen and oxygen atoms in total. The lowest BCUT2D eigenvalue weighted by Crippen LogP contribution is -2.30. The van der Waals surface area contributed by atoms with Crippen molar-refractivity contribution >= 4 is 56.1 Å². The lowest BCUT2D eigenvalue weighted by molar-refractivity contribution is -0.122. The van der Waals surface area contributed by atoms with Gasteiger partial charge in [-0.3, -0.25) is 9.10 Å². The SMILES string of the molecule is CN(c1ccc(OCC(=O)NCCSCc2cccs2)cc1)S(=O)(=O)c1cccs1. The summed E-state index contributed by atoms with van der Waals surface area (Å²) in [5, 5.41) is 6.62. The number of sulfonamides is 1. The van der Waals surface area contributed by atoms with Crippen molar-refractivity contribution in [3.63, 3.8) is 0 Å². The molecule has 2 heterocycles. The van der Waals surface area contributed by atoms with Gasteiger partial charge in [0.05, 0.1) is 5.69 Å². The fraction of sp³-hybridized carbons (Fsp3) is 0.250. The van der Waals surface area contributed by atoms with Crippen LogP contribution in [0, 0.1) is 0 Å². The van der Waals surface area contributed by atoms with E-state index in [2.05, 4.69) is 16.8 Å². The van der Waals surface area contributed by atoms with Crippen LogP contribution in [0.25, 0.3) is 0 Å². The first kappa shape index (κ1) is 22.7. The molecule has 0 radical (unpaired) electrons. The summed E-state index contributed by atoms with van der Waals surface area (Å²) in [6.45, 7) is 0.501. The van der Waals surface area contributed by atoms with Crippen molar-refractivity contribution in [2.45, 2.75) is 9.96 Å². The number of hydrogen-bond acceptors (Lipinski definition) is 7. The normalized spacial score (nSPS) is 11.2. The molecule has 0 unspecified atom stereocenters. The number of amides is 1. The number of rotatable bonds is 11. The summed E-state index contributed by atoms with van der Waals surface area (Å²) in [5.41, 5.74) is 0.517. The number of thiophene rings is 2. The highest BCUT2D eigenvalue weighted by Gasteiger charge is 2.22. The maximum Gasteiger partial charge on any atom is 0.273 e. The topological polar surface area (TPSA) is 75.7 Å². The molecule has 1 N–H and O–H groups in total. The molecule has 0 bridgehead atoms. The van der Waals surface area contributed by atoms with E-state index in [4.69, 9.17) is 4.74 Å². The molecule has 1 amide bonds. The van der Waals surface area contributed by atoms with Gasteiger partial charge in [0.1, 0.15) is 9.96 Å². The van der Waals surface area contributed by atoms with Crippen molar-refractivity contribution in [2.75, 3.05) is 30.3 Å². The van der Waals surface area contributed by atoms with Crippen LogP contribution in [0.3, 0.4) is 0 Å². The van der Waals surface area contributed by atoms with Crippen LogP contribution in [0.2, 0.25) is 0 Å². The Kier molecular flexibility index (Phi) is 8.20. The lowest BCUT2D eigenvalue weighted by atomic mass is 10.3. The highest BCUT2D eigenvalue weighted by Crippen LogP contribution is 2.26. The van der Waals surface area contributed by atoms with Crippen LogP contribution in [0.15, 0.2) is 63.5 Å². The van der Waals surface area contributed by atoms with Gasteiger partial charge in [-0.25, -0.2) is 8.42 Å². The Labute approximate surface area is 188 Å². The minimum Gasteiger partial charge on any atom is -0.484 e. The van der Waals surface area contributed by atoms with Crippen LogP contribution in [0.1, 0.15) is 4.88 Å². The van der Waals surface area contributed by atoms with Gasteiger partial charge in [0.15, 0.2) is 6.61 Å². The number of benzene rings is 1. The molecule has 3 rings (SSSR count). The van der Waals surface area contributed by atoms with Gasteiger partial charge in [-0.2, -0.15) is 11.8 Å². The van der Waals surface area contributed by atoms with Gasteiger partial charge in [0, 0.05) is 30.0 Å². The molecule has 0 saturated carbocycles. The maximum absolute atomic E-state index is 12.6. The second-order valence-corrected chi connectivity index (χ2v) is 11.5. The van der Waals surface area contributed by atoms with Crippen molar-refractivity contribution in [1.82, 2.24) is 5.32 Å². The number of ether oxygens (including phenoxy) is 1. The van der Waals surface area contributed by atoms with Crippen molar-refractivity contribution in [3.05, 3.63) is 64.2 Å². The summed E-state index contributed by atoms with van der Waals surface area (Å²) < 4.78 is 32.1. The summed E-state index contributed by atoms with van der Waals surface area (Å²) in [5.74, 6) is 2.10. The second kappa shape index (κ2) is 10.9. The molecule has 0 spiro atoms. The fourth-order valence-corrected chi connectivity index (χ4v) is 6.52. The molecule has 160 valence electrons. The summed E-state index contributed by atoms with van der Waals surface area (Å²) in [4.78, 5) is 13.2. The zero-order valence-corrected chi connectivity index (χ0v) is 19.6. The Morgan fingerprint density at radius 1 is 1.10 bits per heavy atom. The van der Waals surface area contributed by atoms with Crippen molar-refractivity contribution in [1.29, 1.82) is 0 Å². The zero-order valence-electron chi connectivity index (χ0n) is 16.3. The van der Waals surface area contributed by atoms with E-state index in [0.717, 1.165) is 11.5 Å². The van der Waals surface area contributed by atoms with Gasteiger partial charge in [0.25, 0.3) is 15.9 Å². The molecule has 0 fully saturated rings. The Morgan fingerprint density at radius 3 is 2.50 bits per heavy atom. The molecule has 3 aromatic rings. The van der Waals surface area contributed by atoms with E-state index < -0.39 is 10.0 Å². The van der Waals surface area contributed by atoms with E-state index in [1.54, 1.807) is 64.9 Å². The van der Waals surface area contributed by atoms with Gasteiger partial charge >= 0.3 is 0 Å². The fourth-order valence-electron chi connectivity index (χ4n) is 2.47. The van der Waals surface area contributed by atoms with Gasteiger partial charge in [-0.1, -0.05) is 12.1 Å². The molecule has 0 aliphatic carbocycles. The summed E-state index contributed by atoms with van der Waals surface area (Å²) >= 11 is 4.68. The summed E-state index contributed by atoms with van der Waals surface area (Å²) in [7, 11) is -2.06. The predicted octanol–water partition coefficient (Wildman–Crippen LogP) is 4.06. The van der Waals surface area contributed by atoms with E-state index in [0.29, 0.717) is 18.0 Å². The van der Waals surface area contributed by atoms with Crippen LogP contribution >= 0.6 is 34.4 Å². The van der Waals surface area contributed by atoms with E-state index >= 15 is 0 Å². The number of nitrogens with zero attached hydrogens (tertiary/aromatic N) is 1. The first-order valence-electron chi connectivity index (χ1n) is 9.09. The molecular formula is C20H22N2O4S4. The predicted molar refractivity (Wildman–Crippen MR) is 125 cm³/mol. The molecule has 0 aliphatic rings. The molecule has 2 aromatic heterocycles. The van der Waals surface area contributed by atoms with Crippen LogP contribution < -0.4 is 14.4 Å². The second-order valence-electron chi connectivity index (χ2n) is 6.17. The van der Waals surface area contributed by atoms with Crippen molar-refractivity contribution in [3.8, 4) is 5.75 Å². The lowest BCUT2D eigenvalue weighted by Gasteiger charge is -2.18. The van der Waals surface area contributed by atoms with Crippen LogP contribution in [0.4, 0.5) is 5.69 Å². The molecule has 1 aromatic carbocycles. The van der Waals surface area contributed by atoms with Crippen LogP contribution in [0.5, 0.6) is 5.75 Å². The van der Waals surface area contributed by atoms with Crippen LogP contribution in [-0.2, 0) is 20.6 Å². The van der Waals surface area contributed by atoms with Crippen molar-refractivity contribution in [2.24, 2.45) is 0 Å².